The largest absolute Gasteiger partial charge is 0.418 e. The number of hydrogen-bond donors (Lipinski definition) is 1. The molecule has 0 aliphatic carbocycles. The monoisotopic (exact) mass is 421 g/mol. The minimum Gasteiger partial charge on any atom is -0.369 e. The van der Waals surface area contributed by atoms with Gasteiger partial charge in [-0.3, -0.25) is 4.79 Å². The quantitative estimate of drug-likeness (QED) is 0.764. The fourth-order valence-corrected chi connectivity index (χ4v) is 4.70. The molecule has 28 heavy (non-hydrogen) atoms. The summed E-state index contributed by atoms with van der Waals surface area (Å²) in [7, 11) is -1.74. The molecule has 6 nitrogen and oxygen atoms in total. The maximum absolute atomic E-state index is 13.5. The van der Waals surface area contributed by atoms with Crippen molar-refractivity contribution in [2.45, 2.75) is 20.0 Å². The minimum absolute atomic E-state index is 0.175. The number of benzene rings is 1. The van der Waals surface area contributed by atoms with E-state index in [0.717, 1.165) is 19.2 Å². The predicted octanol–water partition coefficient (Wildman–Crippen LogP) is 2.47. The molecule has 1 aliphatic rings. The number of alkyl halides is 3. The molecule has 0 atom stereocenters. The molecule has 1 saturated heterocycles. The molecule has 0 spiro atoms. The molecule has 1 aromatic carbocycles. The van der Waals surface area contributed by atoms with Gasteiger partial charge >= 0.3 is 6.18 Å². The lowest BCUT2D eigenvalue weighted by Gasteiger charge is -2.34. The van der Waals surface area contributed by atoms with Gasteiger partial charge in [0.2, 0.25) is 5.91 Å². The first-order valence-corrected chi connectivity index (χ1v) is 10.8. The molecule has 10 heteroatoms. The van der Waals surface area contributed by atoms with E-state index in [-0.39, 0.29) is 11.7 Å². The molecule has 0 unspecified atom stereocenters. The number of carbonyl (C=O) groups is 1. The summed E-state index contributed by atoms with van der Waals surface area (Å²) in [5.41, 5.74) is -1.00. The molecular weight excluding hydrogens is 395 g/mol. The van der Waals surface area contributed by atoms with Gasteiger partial charge in [-0.25, -0.2) is 8.42 Å². The highest BCUT2D eigenvalue weighted by Gasteiger charge is 2.35. The van der Waals surface area contributed by atoms with Gasteiger partial charge in [-0.1, -0.05) is 13.8 Å². The zero-order valence-corrected chi connectivity index (χ0v) is 17.0. The van der Waals surface area contributed by atoms with E-state index in [2.05, 4.69) is 10.2 Å². The average Bonchev–Trinajstić information content (AvgIpc) is 2.53. The molecular formula is C18H26F3N3O3S. The van der Waals surface area contributed by atoms with Gasteiger partial charge in [-0.15, -0.1) is 0 Å². The van der Waals surface area contributed by atoms with E-state index in [1.165, 1.54) is 12.1 Å². The van der Waals surface area contributed by atoms with Crippen molar-refractivity contribution in [1.82, 2.24) is 4.90 Å². The Kier molecular flexibility index (Phi) is 6.97. The lowest BCUT2D eigenvalue weighted by atomic mass is 10.1. The van der Waals surface area contributed by atoms with Crippen molar-refractivity contribution < 1.29 is 26.4 Å². The number of nitrogens with zero attached hydrogens (tertiary/aromatic N) is 2. The zero-order chi connectivity index (χ0) is 21.1. The van der Waals surface area contributed by atoms with Gasteiger partial charge in [-0.2, -0.15) is 13.2 Å². The molecule has 1 amide bonds. The molecule has 1 heterocycles. The van der Waals surface area contributed by atoms with Crippen LogP contribution in [0.1, 0.15) is 19.4 Å². The Labute approximate surface area is 163 Å². The fraction of sp³-hybridized carbons (Fsp3) is 0.611. The van der Waals surface area contributed by atoms with E-state index in [1.54, 1.807) is 13.8 Å². The van der Waals surface area contributed by atoms with E-state index >= 15 is 0 Å². The van der Waals surface area contributed by atoms with E-state index in [1.807, 2.05) is 11.9 Å². The summed E-state index contributed by atoms with van der Waals surface area (Å²) in [6.07, 6.45) is -4.68. The van der Waals surface area contributed by atoms with E-state index in [4.69, 9.17) is 0 Å². The summed E-state index contributed by atoms with van der Waals surface area (Å²) >= 11 is 0. The number of halogens is 3. The lowest BCUT2D eigenvalue weighted by molar-refractivity contribution is -0.136. The summed E-state index contributed by atoms with van der Waals surface area (Å²) in [5.74, 6) is -2.19. The van der Waals surface area contributed by atoms with Crippen molar-refractivity contribution in [3.8, 4) is 0 Å². The molecule has 1 N–H and O–H groups in total. The number of anilines is 2. The Balaban J connectivity index is 2.21. The molecule has 1 fully saturated rings. The number of nitrogens with one attached hydrogen (secondary N) is 1. The Morgan fingerprint density at radius 1 is 1.18 bits per heavy atom. The maximum atomic E-state index is 13.5. The second-order valence-electron chi connectivity index (χ2n) is 7.51. The van der Waals surface area contributed by atoms with Crippen LogP contribution in [0.15, 0.2) is 18.2 Å². The highest BCUT2D eigenvalue weighted by Crippen LogP contribution is 2.37. The minimum atomic E-state index is -4.68. The highest BCUT2D eigenvalue weighted by atomic mass is 32.2. The smallest absolute Gasteiger partial charge is 0.369 e. The fourth-order valence-electron chi connectivity index (χ4n) is 3.09. The number of rotatable bonds is 6. The number of amides is 1. The first kappa shape index (κ1) is 22.5. The molecule has 1 aliphatic heterocycles. The Bertz CT molecular complexity index is 802. The summed E-state index contributed by atoms with van der Waals surface area (Å²) in [6.45, 7) is 6.07. The highest BCUT2D eigenvalue weighted by molar-refractivity contribution is 7.92. The molecule has 158 valence electrons. The van der Waals surface area contributed by atoms with Gasteiger partial charge in [0.25, 0.3) is 0 Å². The summed E-state index contributed by atoms with van der Waals surface area (Å²) in [5, 5.41) is 2.12. The van der Waals surface area contributed by atoms with E-state index in [0.29, 0.717) is 18.8 Å². The van der Waals surface area contributed by atoms with Crippen LogP contribution in [-0.2, 0) is 20.8 Å². The van der Waals surface area contributed by atoms with E-state index in [9.17, 15) is 26.4 Å². The number of piperazine rings is 1. The number of likely N-dealkylation sites (N-methyl/N-ethyl adjacent to an activating group) is 1. The lowest BCUT2D eigenvalue weighted by Crippen LogP contribution is -2.44. The maximum Gasteiger partial charge on any atom is 0.418 e. The first-order chi connectivity index (χ1) is 12.9. The molecule has 0 aromatic heterocycles. The number of carbonyl (C=O) groups excluding carboxylic acids is 1. The second kappa shape index (κ2) is 8.69. The Hall–Kier alpha value is -1.81. The van der Waals surface area contributed by atoms with Crippen LogP contribution >= 0.6 is 0 Å². The Morgan fingerprint density at radius 2 is 1.79 bits per heavy atom. The van der Waals surface area contributed by atoms with Crippen molar-refractivity contribution in [1.29, 1.82) is 0 Å². The van der Waals surface area contributed by atoms with E-state index < -0.39 is 38.9 Å². The van der Waals surface area contributed by atoms with Crippen LogP contribution in [0, 0.1) is 5.92 Å². The second-order valence-corrected chi connectivity index (χ2v) is 9.62. The van der Waals surface area contributed by atoms with Gasteiger partial charge in [0.1, 0.15) is 5.75 Å². The molecule has 0 saturated carbocycles. The predicted molar refractivity (Wildman–Crippen MR) is 103 cm³/mol. The standard InChI is InChI=1S/C18H26F3N3O3S/c1-13(2)11-28(26,27)12-17(25)22-16-5-4-14(10-15(16)18(19,20)21)24-8-6-23(3)7-9-24/h4-5,10,13H,6-9,11-12H2,1-3H3,(H,22,25). The van der Waals surface area contributed by atoms with Crippen LogP contribution in [0.25, 0.3) is 0 Å². The van der Waals surface area contributed by atoms with Crippen molar-refractivity contribution in [3.63, 3.8) is 0 Å². The zero-order valence-electron chi connectivity index (χ0n) is 16.2. The van der Waals surface area contributed by atoms with Crippen LogP contribution in [0.2, 0.25) is 0 Å². The average molecular weight is 421 g/mol. The number of sulfone groups is 1. The van der Waals surface area contributed by atoms with Crippen LogP contribution in [-0.4, -0.2) is 64.0 Å². The first-order valence-electron chi connectivity index (χ1n) is 9.02. The summed E-state index contributed by atoms with van der Waals surface area (Å²) < 4.78 is 64.4. The van der Waals surface area contributed by atoms with Gasteiger partial charge in [0.05, 0.1) is 17.0 Å². The van der Waals surface area contributed by atoms with Crippen molar-refractivity contribution in [3.05, 3.63) is 23.8 Å². The van der Waals surface area contributed by atoms with Gasteiger partial charge < -0.3 is 15.1 Å². The van der Waals surface area contributed by atoms with Crippen molar-refractivity contribution in [2.75, 3.05) is 54.9 Å². The van der Waals surface area contributed by atoms with Gasteiger partial charge in [0.15, 0.2) is 9.84 Å². The van der Waals surface area contributed by atoms with Crippen molar-refractivity contribution in [2.24, 2.45) is 5.92 Å². The molecule has 1 aromatic rings. The third-order valence-corrected chi connectivity index (χ3v) is 6.27. The summed E-state index contributed by atoms with van der Waals surface area (Å²) in [6, 6.07) is 3.70. The third kappa shape index (κ3) is 6.37. The van der Waals surface area contributed by atoms with Gasteiger partial charge in [-0.05, 0) is 31.2 Å². The Morgan fingerprint density at radius 3 is 2.32 bits per heavy atom. The van der Waals surface area contributed by atoms with Crippen LogP contribution in [0.3, 0.4) is 0 Å². The van der Waals surface area contributed by atoms with Crippen LogP contribution in [0.5, 0.6) is 0 Å². The van der Waals surface area contributed by atoms with Crippen LogP contribution in [0.4, 0.5) is 24.5 Å². The molecule has 0 bridgehead atoms. The number of hydrogen-bond acceptors (Lipinski definition) is 5. The third-order valence-electron chi connectivity index (χ3n) is 4.39. The molecule has 2 rings (SSSR count). The normalized spacial score (nSPS) is 16.5. The topological polar surface area (TPSA) is 69.7 Å². The SMILES string of the molecule is CC(C)CS(=O)(=O)CC(=O)Nc1ccc(N2CCN(C)CC2)cc1C(F)(F)F. The summed E-state index contributed by atoms with van der Waals surface area (Å²) in [4.78, 5) is 16.0. The van der Waals surface area contributed by atoms with Gasteiger partial charge in [0, 0.05) is 31.9 Å². The van der Waals surface area contributed by atoms with Crippen LogP contribution < -0.4 is 10.2 Å². The molecule has 0 radical (unpaired) electrons. The van der Waals surface area contributed by atoms with Crippen molar-refractivity contribution >= 4 is 27.1 Å².